The molecule has 0 radical (unpaired) electrons. The van der Waals surface area contributed by atoms with Gasteiger partial charge in [-0.25, -0.2) is 0 Å². The van der Waals surface area contributed by atoms with Crippen molar-refractivity contribution < 1.29 is 4.74 Å². The minimum atomic E-state index is 0.709. The monoisotopic (exact) mass is 249 g/mol. The maximum Gasteiger partial charge on any atom is 0.142 e. The quantitative estimate of drug-likeness (QED) is 0.798. The lowest BCUT2D eigenvalue weighted by Gasteiger charge is -2.33. The first-order valence-corrected chi connectivity index (χ1v) is 6.71. The summed E-state index contributed by atoms with van der Waals surface area (Å²) in [6.07, 6.45) is 0. The van der Waals surface area contributed by atoms with Crippen LogP contribution in [-0.2, 0) is 0 Å². The van der Waals surface area contributed by atoms with Crippen molar-refractivity contribution in [1.29, 1.82) is 0 Å². The van der Waals surface area contributed by atoms with Crippen LogP contribution in [0.1, 0.15) is 6.92 Å². The summed E-state index contributed by atoms with van der Waals surface area (Å²) in [4.78, 5) is 4.93. The van der Waals surface area contributed by atoms with Gasteiger partial charge in [-0.3, -0.25) is 4.90 Å². The topological polar surface area (TPSA) is 41.7 Å². The standard InChI is InChI=1S/C14H23N3O/c1-2-16-7-9-17(10-8-16)11-12-18-14-6-4-3-5-13(14)15/h3-6H,2,7-12,15H2,1H3. The zero-order valence-corrected chi connectivity index (χ0v) is 11.1. The number of ether oxygens (including phenoxy) is 1. The predicted molar refractivity (Wildman–Crippen MR) is 74.9 cm³/mol. The molecule has 0 spiro atoms. The van der Waals surface area contributed by atoms with E-state index in [0.717, 1.165) is 31.9 Å². The maximum atomic E-state index is 5.83. The molecular weight excluding hydrogens is 226 g/mol. The second kappa shape index (κ2) is 6.61. The van der Waals surface area contributed by atoms with Crippen LogP contribution in [0.15, 0.2) is 24.3 Å². The van der Waals surface area contributed by atoms with Crippen LogP contribution < -0.4 is 10.5 Å². The van der Waals surface area contributed by atoms with E-state index in [4.69, 9.17) is 10.5 Å². The minimum absolute atomic E-state index is 0.709. The lowest BCUT2D eigenvalue weighted by molar-refractivity contribution is 0.121. The Bertz CT molecular complexity index is 362. The summed E-state index contributed by atoms with van der Waals surface area (Å²) in [5.41, 5.74) is 6.55. The normalized spacial score (nSPS) is 17.8. The molecule has 0 unspecified atom stereocenters. The summed E-state index contributed by atoms with van der Waals surface area (Å²) in [5, 5.41) is 0. The summed E-state index contributed by atoms with van der Waals surface area (Å²) in [6.45, 7) is 9.69. The van der Waals surface area contributed by atoms with Gasteiger partial charge in [-0.15, -0.1) is 0 Å². The number of nitrogens with zero attached hydrogens (tertiary/aromatic N) is 2. The molecule has 100 valence electrons. The first kappa shape index (κ1) is 13.2. The van der Waals surface area contributed by atoms with Crippen LogP contribution in [0.4, 0.5) is 5.69 Å². The van der Waals surface area contributed by atoms with Crippen molar-refractivity contribution in [3.63, 3.8) is 0 Å². The number of nitrogen functional groups attached to an aromatic ring is 1. The molecular formula is C14H23N3O. The van der Waals surface area contributed by atoms with Crippen LogP contribution in [0.2, 0.25) is 0 Å². The van der Waals surface area contributed by atoms with Crippen molar-refractivity contribution in [3.8, 4) is 5.75 Å². The van der Waals surface area contributed by atoms with Gasteiger partial charge in [-0.2, -0.15) is 0 Å². The number of rotatable bonds is 5. The van der Waals surface area contributed by atoms with Crippen molar-refractivity contribution in [2.45, 2.75) is 6.92 Å². The van der Waals surface area contributed by atoms with Crippen molar-refractivity contribution >= 4 is 5.69 Å². The van der Waals surface area contributed by atoms with Crippen LogP contribution in [0.25, 0.3) is 0 Å². The first-order chi connectivity index (χ1) is 8.79. The Hall–Kier alpha value is -1.26. The minimum Gasteiger partial charge on any atom is -0.490 e. The first-order valence-electron chi connectivity index (χ1n) is 6.71. The Morgan fingerprint density at radius 3 is 2.44 bits per heavy atom. The summed E-state index contributed by atoms with van der Waals surface area (Å²) in [6, 6.07) is 7.66. The highest BCUT2D eigenvalue weighted by Crippen LogP contribution is 2.19. The third kappa shape index (κ3) is 3.62. The van der Waals surface area contributed by atoms with E-state index in [0.29, 0.717) is 12.3 Å². The number of piperazine rings is 1. The number of nitrogens with two attached hydrogens (primary N) is 1. The smallest absolute Gasteiger partial charge is 0.142 e. The Morgan fingerprint density at radius 2 is 1.78 bits per heavy atom. The van der Waals surface area contributed by atoms with E-state index in [2.05, 4.69) is 16.7 Å². The second-order valence-electron chi connectivity index (χ2n) is 4.66. The van der Waals surface area contributed by atoms with Gasteiger partial charge in [0.1, 0.15) is 12.4 Å². The van der Waals surface area contributed by atoms with Gasteiger partial charge in [0.15, 0.2) is 0 Å². The van der Waals surface area contributed by atoms with Gasteiger partial charge in [-0.1, -0.05) is 19.1 Å². The molecule has 1 fully saturated rings. The highest BCUT2D eigenvalue weighted by atomic mass is 16.5. The van der Waals surface area contributed by atoms with Gasteiger partial charge in [0.05, 0.1) is 5.69 Å². The van der Waals surface area contributed by atoms with E-state index in [1.807, 2.05) is 24.3 Å². The van der Waals surface area contributed by atoms with Gasteiger partial charge in [0.25, 0.3) is 0 Å². The van der Waals surface area contributed by atoms with E-state index in [9.17, 15) is 0 Å². The highest BCUT2D eigenvalue weighted by molar-refractivity contribution is 5.51. The zero-order valence-electron chi connectivity index (χ0n) is 11.1. The lowest BCUT2D eigenvalue weighted by atomic mass is 10.3. The summed E-state index contributed by atoms with van der Waals surface area (Å²) < 4.78 is 5.71. The fraction of sp³-hybridized carbons (Fsp3) is 0.571. The van der Waals surface area contributed by atoms with Gasteiger partial charge < -0.3 is 15.4 Å². The van der Waals surface area contributed by atoms with Crippen LogP contribution in [0.5, 0.6) is 5.75 Å². The molecule has 1 aliphatic rings. The number of benzene rings is 1. The average molecular weight is 249 g/mol. The number of hydrogen-bond acceptors (Lipinski definition) is 4. The lowest BCUT2D eigenvalue weighted by Crippen LogP contribution is -2.47. The Balaban J connectivity index is 1.69. The highest BCUT2D eigenvalue weighted by Gasteiger charge is 2.14. The molecule has 4 nitrogen and oxygen atoms in total. The van der Waals surface area contributed by atoms with Gasteiger partial charge in [-0.05, 0) is 18.7 Å². The van der Waals surface area contributed by atoms with Crippen molar-refractivity contribution in [2.75, 3.05) is 51.6 Å². The summed E-state index contributed by atoms with van der Waals surface area (Å²) in [5.74, 6) is 0.796. The maximum absolute atomic E-state index is 5.83. The summed E-state index contributed by atoms with van der Waals surface area (Å²) >= 11 is 0. The van der Waals surface area contributed by atoms with E-state index in [1.165, 1.54) is 13.1 Å². The Kier molecular flexibility index (Phi) is 4.84. The largest absolute Gasteiger partial charge is 0.490 e. The molecule has 18 heavy (non-hydrogen) atoms. The molecule has 2 rings (SSSR count). The molecule has 0 saturated carbocycles. The van der Waals surface area contributed by atoms with Crippen LogP contribution in [0, 0.1) is 0 Å². The molecule has 1 saturated heterocycles. The number of likely N-dealkylation sites (N-methyl/N-ethyl adjacent to an activating group) is 1. The molecule has 0 aromatic heterocycles. The summed E-state index contributed by atoms with van der Waals surface area (Å²) in [7, 11) is 0. The van der Waals surface area contributed by atoms with E-state index >= 15 is 0 Å². The van der Waals surface area contributed by atoms with Crippen molar-refractivity contribution in [3.05, 3.63) is 24.3 Å². The fourth-order valence-corrected chi connectivity index (χ4v) is 2.23. The molecule has 1 aromatic rings. The average Bonchev–Trinajstić information content (AvgIpc) is 2.42. The van der Waals surface area contributed by atoms with Gasteiger partial charge in [0.2, 0.25) is 0 Å². The molecule has 0 bridgehead atoms. The molecule has 0 amide bonds. The van der Waals surface area contributed by atoms with Gasteiger partial charge >= 0.3 is 0 Å². The molecule has 1 aliphatic heterocycles. The van der Waals surface area contributed by atoms with E-state index < -0.39 is 0 Å². The third-order valence-corrected chi connectivity index (χ3v) is 3.50. The molecule has 2 N–H and O–H groups in total. The third-order valence-electron chi connectivity index (χ3n) is 3.50. The van der Waals surface area contributed by atoms with Crippen LogP contribution in [-0.4, -0.2) is 55.7 Å². The fourth-order valence-electron chi connectivity index (χ4n) is 2.23. The Morgan fingerprint density at radius 1 is 1.11 bits per heavy atom. The van der Waals surface area contributed by atoms with Crippen LogP contribution >= 0.6 is 0 Å². The zero-order chi connectivity index (χ0) is 12.8. The Labute approximate surface area is 109 Å². The number of hydrogen-bond donors (Lipinski definition) is 1. The van der Waals surface area contributed by atoms with E-state index in [1.54, 1.807) is 0 Å². The van der Waals surface area contributed by atoms with Crippen molar-refractivity contribution in [1.82, 2.24) is 9.80 Å². The number of anilines is 1. The second-order valence-corrected chi connectivity index (χ2v) is 4.66. The van der Waals surface area contributed by atoms with Crippen LogP contribution in [0.3, 0.4) is 0 Å². The van der Waals surface area contributed by atoms with Gasteiger partial charge in [0, 0.05) is 32.7 Å². The van der Waals surface area contributed by atoms with Crippen molar-refractivity contribution in [2.24, 2.45) is 0 Å². The predicted octanol–water partition coefficient (Wildman–Crippen LogP) is 1.29. The number of para-hydroxylation sites is 2. The van der Waals surface area contributed by atoms with E-state index in [-0.39, 0.29) is 0 Å². The molecule has 0 atom stereocenters. The molecule has 4 heteroatoms. The molecule has 1 aromatic carbocycles. The SMILES string of the molecule is CCN1CCN(CCOc2ccccc2N)CC1. The molecule has 0 aliphatic carbocycles. The molecule has 1 heterocycles.